The van der Waals surface area contributed by atoms with Crippen LogP contribution in [0.3, 0.4) is 0 Å². The predicted octanol–water partition coefficient (Wildman–Crippen LogP) is 5.66. The van der Waals surface area contributed by atoms with Crippen molar-refractivity contribution < 1.29 is 27.7 Å². The quantitative estimate of drug-likeness (QED) is 0.205. The van der Waals surface area contributed by atoms with Gasteiger partial charge in [-0.1, -0.05) is 44.7 Å². The zero-order valence-electron chi connectivity index (χ0n) is 19.6. The number of carbonyl (C=O) groups is 1. The molecule has 0 aromatic carbocycles. The Morgan fingerprint density at radius 2 is 1.73 bits per heavy atom. The van der Waals surface area contributed by atoms with Crippen LogP contribution in [-0.2, 0) is 29.6 Å². The molecule has 0 aliphatic carbocycles. The molecular weight excluding hydrogens is 407 g/mol. The van der Waals surface area contributed by atoms with Crippen LogP contribution >= 0.6 is 7.60 Å². The highest BCUT2D eigenvalue weighted by Gasteiger charge is 2.44. The van der Waals surface area contributed by atoms with E-state index in [0.717, 1.165) is 12.8 Å². The summed E-state index contributed by atoms with van der Waals surface area (Å²) in [7, 11) is -3.78. The summed E-state index contributed by atoms with van der Waals surface area (Å²) in [6.07, 6.45) is 5.58. The fraction of sp³-hybridized carbons (Fsp3) is 0.857. The number of esters is 1. The van der Waals surface area contributed by atoms with Gasteiger partial charge in [-0.25, -0.2) is 0 Å². The lowest BCUT2D eigenvalue weighted by atomic mass is 10.0. The summed E-state index contributed by atoms with van der Waals surface area (Å²) in [5.41, 5.74) is -1.92. The molecule has 1 aromatic heterocycles. The molecule has 8 nitrogen and oxygen atoms in total. The SMILES string of the molecule is CCCCCC[C@H](C)c1noc(CC(C(=O)OC(C)(C)C)P(=O)(OCC)OCC)n1. The molecule has 1 rings (SSSR count). The first-order chi connectivity index (χ1) is 14.1. The van der Waals surface area contributed by atoms with Crippen molar-refractivity contribution in [1.29, 1.82) is 0 Å². The molecule has 0 spiro atoms. The Morgan fingerprint density at radius 3 is 2.27 bits per heavy atom. The number of hydrogen-bond acceptors (Lipinski definition) is 8. The summed E-state index contributed by atoms with van der Waals surface area (Å²) < 4.78 is 35.0. The maximum atomic E-state index is 13.4. The van der Waals surface area contributed by atoms with Crippen molar-refractivity contribution in [2.24, 2.45) is 0 Å². The second kappa shape index (κ2) is 12.6. The highest BCUT2D eigenvalue weighted by molar-refractivity contribution is 7.55. The molecule has 30 heavy (non-hydrogen) atoms. The van der Waals surface area contributed by atoms with Crippen LogP contribution in [0.15, 0.2) is 4.52 Å². The maximum absolute atomic E-state index is 13.4. The predicted molar refractivity (Wildman–Crippen MR) is 116 cm³/mol. The normalized spacial score (nSPS) is 14.5. The van der Waals surface area contributed by atoms with Crippen LogP contribution in [0.4, 0.5) is 0 Å². The summed E-state index contributed by atoms with van der Waals surface area (Å²) >= 11 is 0. The van der Waals surface area contributed by atoms with E-state index in [9.17, 15) is 9.36 Å². The van der Waals surface area contributed by atoms with Gasteiger partial charge in [0.05, 0.1) is 19.6 Å². The van der Waals surface area contributed by atoms with Gasteiger partial charge in [0.2, 0.25) is 5.89 Å². The molecule has 0 aliphatic rings. The van der Waals surface area contributed by atoms with E-state index in [1.807, 2.05) is 0 Å². The van der Waals surface area contributed by atoms with Crippen LogP contribution in [0, 0.1) is 0 Å². The van der Waals surface area contributed by atoms with E-state index in [4.69, 9.17) is 18.3 Å². The Balaban J connectivity index is 3.00. The Kier molecular flexibility index (Phi) is 11.2. The van der Waals surface area contributed by atoms with E-state index in [1.165, 1.54) is 19.3 Å². The topological polar surface area (TPSA) is 101 Å². The molecule has 1 aromatic rings. The molecule has 0 amide bonds. The molecule has 2 atom stereocenters. The monoisotopic (exact) mass is 446 g/mol. The minimum atomic E-state index is -3.78. The number of carbonyl (C=O) groups excluding carboxylic acids is 1. The van der Waals surface area contributed by atoms with Crippen molar-refractivity contribution in [1.82, 2.24) is 10.1 Å². The molecule has 0 saturated carbocycles. The van der Waals surface area contributed by atoms with Gasteiger partial charge in [0.1, 0.15) is 5.60 Å². The summed E-state index contributed by atoms with van der Waals surface area (Å²) in [4.78, 5) is 17.3. The van der Waals surface area contributed by atoms with Crippen molar-refractivity contribution >= 4 is 13.6 Å². The summed E-state index contributed by atoms with van der Waals surface area (Å²) in [6, 6.07) is 0. The minimum Gasteiger partial charge on any atom is -0.459 e. The van der Waals surface area contributed by atoms with Gasteiger partial charge in [0.15, 0.2) is 11.5 Å². The largest absolute Gasteiger partial charge is 0.459 e. The van der Waals surface area contributed by atoms with Crippen LogP contribution < -0.4 is 0 Å². The van der Waals surface area contributed by atoms with Gasteiger partial charge >= 0.3 is 13.6 Å². The number of unbranched alkanes of at least 4 members (excludes halogenated alkanes) is 3. The van der Waals surface area contributed by atoms with Crippen LogP contribution in [0.1, 0.15) is 98.2 Å². The van der Waals surface area contributed by atoms with E-state index in [0.29, 0.717) is 5.82 Å². The van der Waals surface area contributed by atoms with Crippen molar-refractivity contribution in [3.8, 4) is 0 Å². The first kappa shape index (κ1) is 26.8. The van der Waals surface area contributed by atoms with Crippen LogP contribution in [0.2, 0.25) is 0 Å². The first-order valence-corrected chi connectivity index (χ1v) is 12.6. The fourth-order valence-corrected chi connectivity index (χ4v) is 4.84. The molecule has 9 heteroatoms. The van der Waals surface area contributed by atoms with Crippen LogP contribution in [-0.4, -0.2) is 40.6 Å². The third-order valence-electron chi connectivity index (χ3n) is 4.46. The number of aromatic nitrogens is 2. The molecule has 1 unspecified atom stereocenters. The van der Waals surface area contributed by atoms with Crippen LogP contribution in [0.5, 0.6) is 0 Å². The second-order valence-electron chi connectivity index (χ2n) is 8.43. The molecule has 0 N–H and O–H groups in total. The number of rotatable bonds is 14. The van der Waals surface area contributed by atoms with Gasteiger partial charge in [0.25, 0.3) is 0 Å². The minimum absolute atomic E-state index is 0.0677. The number of ether oxygens (including phenoxy) is 1. The van der Waals surface area contributed by atoms with E-state index in [1.54, 1.807) is 34.6 Å². The smallest absolute Gasteiger partial charge is 0.345 e. The first-order valence-electron chi connectivity index (χ1n) is 11.0. The Hall–Kier alpha value is -1.24. The van der Waals surface area contributed by atoms with Gasteiger partial charge in [-0.05, 0) is 41.0 Å². The third kappa shape index (κ3) is 8.86. The zero-order chi connectivity index (χ0) is 22.8. The number of nitrogens with zero attached hydrogens (tertiary/aromatic N) is 2. The highest BCUT2D eigenvalue weighted by atomic mass is 31.2. The summed E-state index contributed by atoms with van der Waals surface area (Å²) in [5.74, 6) is 0.290. The lowest BCUT2D eigenvalue weighted by molar-refractivity contribution is -0.154. The fourth-order valence-electron chi connectivity index (χ4n) is 2.99. The van der Waals surface area contributed by atoms with Crippen molar-refractivity contribution in [2.45, 2.75) is 104 Å². The average molecular weight is 447 g/mol. The lowest BCUT2D eigenvalue weighted by Gasteiger charge is -2.27. The van der Waals surface area contributed by atoms with Crippen molar-refractivity contribution in [3.05, 3.63) is 11.7 Å². The lowest BCUT2D eigenvalue weighted by Crippen LogP contribution is -2.34. The van der Waals surface area contributed by atoms with Gasteiger partial charge in [0, 0.05) is 5.92 Å². The van der Waals surface area contributed by atoms with E-state index in [2.05, 4.69) is 24.0 Å². The van der Waals surface area contributed by atoms with Gasteiger partial charge in [-0.2, -0.15) is 4.98 Å². The Labute approximate surface area is 181 Å². The van der Waals surface area contributed by atoms with Crippen LogP contribution in [0.25, 0.3) is 0 Å². The molecule has 0 saturated heterocycles. The van der Waals surface area contributed by atoms with Crippen molar-refractivity contribution in [3.63, 3.8) is 0 Å². The highest BCUT2D eigenvalue weighted by Crippen LogP contribution is 2.54. The average Bonchev–Trinajstić information content (AvgIpc) is 3.11. The molecule has 1 heterocycles. The molecule has 0 fully saturated rings. The van der Waals surface area contributed by atoms with E-state index in [-0.39, 0.29) is 31.4 Å². The molecular formula is C21H39N2O6P. The molecule has 0 bridgehead atoms. The van der Waals surface area contributed by atoms with Gasteiger partial charge in [-0.15, -0.1) is 0 Å². The second-order valence-corrected chi connectivity index (χ2v) is 10.6. The molecule has 0 aliphatic heterocycles. The van der Waals surface area contributed by atoms with Crippen molar-refractivity contribution in [2.75, 3.05) is 13.2 Å². The van der Waals surface area contributed by atoms with Gasteiger partial charge in [-0.3, -0.25) is 9.36 Å². The van der Waals surface area contributed by atoms with E-state index >= 15 is 0 Å². The van der Waals surface area contributed by atoms with Gasteiger partial charge < -0.3 is 18.3 Å². The summed E-state index contributed by atoms with van der Waals surface area (Å²) in [5, 5.41) is 4.07. The zero-order valence-corrected chi connectivity index (χ0v) is 20.5. The number of hydrogen-bond donors (Lipinski definition) is 0. The molecule has 0 radical (unpaired) electrons. The Bertz CT molecular complexity index is 675. The Morgan fingerprint density at radius 1 is 1.10 bits per heavy atom. The third-order valence-corrected chi connectivity index (χ3v) is 6.85. The van der Waals surface area contributed by atoms with E-state index < -0.39 is 24.8 Å². The standard InChI is InChI=1S/C21H39N2O6P/c1-8-11-12-13-14-16(4)19-22-18(29-23-19)15-17(20(24)28-21(5,6)7)30(25,26-9-2)27-10-3/h16-17H,8-15H2,1-7H3/t16-,17?/m0/s1. The maximum Gasteiger partial charge on any atom is 0.345 e. The summed E-state index contributed by atoms with van der Waals surface area (Å²) in [6.45, 7) is 13.2. The molecule has 174 valence electrons.